The number of amides is 2. The van der Waals surface area contributed by atoms with Crippen molar-refractivity contribution in [2.24, 2.45) is 0 Å². The Hall–Kier alpha value is -2.87. The summed E-state index contributed by atoms with van der Waals surface area (Å²) in [4.78, 5) is 18.7. The van der Waals surface area contributed by atoms with Gasteiger partial charge in [-0.25, -0.2) is 4.79 Å². The molecular weight excluding hydrogens is 480 g/mol. The van der Waals surface area contributed by atoms with E-state index >= 15 is 0 Å². The van der Waals surface area contributed by atoms with Crippen molar-refractivity contribution in [1.29, 1.82) is 0 Å². The highest BCUT2D eigenvalue weighted by molar-refractivity contribution is 7.19. The van der Waals surface area contributed by atoms with Crippen LogP contribution in [0.25, 0.3) is 10.4 Å². The molecule has 196 valence electrons. The molecule has 1 aromatic heterocycles. The van der Waals surface area contributed by atoms with Gasteiger partial charge in [0.05, 0.1) is 11.6 Å². The standard InChI is InChI=1S/C30H38N4O2S/c35-30(32-29-15-14-28(37-29)25-8-3-1-4-9-25)31-26-16-20-34(23-26)22-24-10-12-27(13-11-24)36-21-7-19-33-17-5-2-6-18-33/h1,3-4,8-15,26H,2,5-7,16-23H2,(H2,31,32,35)/t26-/m0/s1. The van der Waals surface area contributed by atoms with Gasteiger partial charge in [0, 0.05) is 37.1 Å². The lowest BCUT2D eigenvalue weighted by Gasteiger charge is -2.26. The number of thiophene rings is 1. The molecule has 2 aliphatic heterocycles. The molecule has 2 aromatic carbocycles. The number of benzene rings is 2. The number of nitrogens with one attached hydrogen (secondary N) is 2. The Morgan fingerprint density at radius 2 is 1.73 bits per heavy atom. The number of likely N-dealkylation sites (tertiary alicyclic amines) is 2. The third-order valence-electron chi connectivity index (χ3n) is 7.17. The van der Waals surface area contributed by atoms with Crippen molar-refractivity contribution in [3.05, 3.63) is 72.3 Å². The average molecular weight is 519 g/mol. The lowest BCUT2D eigenvalue weighted by Crippen LogP contribution is -2.39. The zero-order valence-corrected chi connectivity index (χ0v) is 22.3. The number of hydrogen-bond donors (Lipinski definition) is 2. The number of carbonyl (C=O) groups is 1. The van der Waals surface area contributed by atoms with Crippen LogP contribution in [0.1, 0.15) is 37.7 Å². The summed E-state index contributed by atoms with van der Waals surface area (Å²) < 4.78 is 5.96. The average Bonchev–Trinajstić information content (AvgIpc) is 3.58. The fraction of sp³-hybridized carbons (Fsp3) is 0.433. The van der Waals surface area contributed by atoms with E-state index in [-0.39, 0.29) is 12.1 Å². The van der Waals surface area contributed by atoms with Gasteiger partial charge in [0.1, 0.15) is 5.75 Å². The second-order valence-electron chi connectivity index (χ2n) is 10.1. The van der Waals surface area contributed by atoms with E-state index in [0.29, 0.717) is 0 Å². The summed E-state index contributed by atoms with van der Waals surface area (Å²) in [6.45, 7) is 7.14. The predicted octanol–water partition coefficient (Wildman–Crippen LogP) is 6.07. The van der Waals surface area contributed by atoms with E-state index in [2.05, 4.69) is 62.9 Å². The molecule has 2 aliphatic rings. The molecule has 37 heavy (non-hydrogen) atoms. The van der Waals surface area contributed by atoms with Gasteiger partial charge in [-0.3, -0.25) is 10.2 Å². The first-order valence-electron chi connectivity index (χ1n) is 13.6. The molecule has 5 rings (SSSR count). The van der Waals surface area contributed by atoms with Gasteiger partial charge in [-0.2, -0.15) is 0 Å². The molecular formula is C30H38N4O2S. The SMILES string of the molecule is O=C(Nc1ccc(-c2ccccc2)s1)N[C@H]1CCN(Cc2ccc(OCCCN3CCCCC3)cc2)C1. The second kappa shape index (κ2) is 13.1. The van der Waals surface area contributed by atoms with Crippen LogP contribution in [0.4, 0.5) is 9.80 Å². The number of rotatable bonds is 10. The highest BCUT2D eigenvalue weighted by Crippen LogP contribution is 2.31. The fourth-order valence-corrected chi connectivity index (χ4v) is 6.11. The fourth-order valence-electron chi connectivity index (χ4n) is 5.20. The molecule has 2 N–H and O–H groups in total. The summed E-state index contributed by atoms with van der Waals surface area (Å²) in [5.41, 5.74) is 2.44. The van der Waals surface area contributed by atoms with Crippen molar-refractivity contribution in [2.45, 2.75) is 44.7 Å². The summed E-state index contributed by atoms with van der Waals surface area (Å²) in [6.07, 6.45) is 6.11. The summed E-state index contributed by atoms with van der Waals surface area (Å²) in [5.74, 6) is 0.948. The van der Waals surface area contributed by atoms with Gasteiger partial charge in [-0.05, 0) is 74.2 Å². The first-order valence-corrected chi connectivity index (χ1v) is 14.4. The van der Waals surface area contributed by atoms with Gasteiger partial charge in [0.2, 0.25) is 0 Å². The lowest BCUT2D eigenvalue weighted by molar-refractivity contribution is 0.205. The van der Waals surface area contributed by atoms with Crippen LogP contribution in [0, 0.1) is 0 Å². The Kier molecular flexibility index (Phi) is 9.11. The monoisotopic (exact) mass is 518 g/mol. The van der Waals surface area contributed by atoms with Gasteiger partial charge < -0.3 is 15.0 Å². The topological polar surface area (TPSA) is 56.8 Å². The Balaban J connectivity index is 0.999. The summed E-state index contributed by atoms with van der Waals surface area (Å²) >= 11 is 1.59. The minimum atomic E-state index is -0.130. The van der Waals surface area contributed by atoms with Crippen LogP contribution in [0.3, 0.4) is 0 Å². The van der Waals surface area contributed by atoms with Crippen LogP contribution < -0.4 is 15.4 Å². The number of urea groups is 1. The quantitative estimate of drug-likeness (QED) is 0.320. The van der Waals surface area contributed by atoms with E-state index < -0.39 is 0 Å². The van der Waals surface area contributed by atoms with Gasteiger partial charge in [-0.15, -0.1) is 11.3 Å². The highest BCUT2D eigenvalue weighted by atomic mass is 32.1. The van der Waals surface area contributed by atoms with E-state index in [1.807, 2.05) is 24.3 Å². The molecule has 0 spiro atoms. The van der Waals surface area contributed by atoms with Crippen molar-refractivity contribution in [1.82, 2.24) is 15.1 Å². The molecule has 0 bridgehead atoms. The van der Waals surface area contributed by atoms with Crippen LogP contribution in [0.15, 0.2) is 66.7 Å². The molecule has 6 nitrogen and oxygen atoms in total. The van der Waals surface area contributed by atoms with Crippen LogP contribution in [-0.2, 0) is 6.54 Å². The lowest BCUT2D eigenvalue weighted by atomic mass is 10.1. The van der Waals surface area contributed by atoms with Crippen LogP contribution in [0.2, 0.25) is 0 Å². The molecule has 2 saturated heterocycles. The highest BCUT2D eigenvalue weighted by Gasteiger charge is 2.24. The van der Waals surface area contributed by atoms with Gasteiger partial charge in [-0.1, -0.05) is 48.9 Å². The molecule has 0 aliphatic carbocycles. The van der Waals surface area contributed by atoms with E-state index in [1.54, 1.807) is 11.3 Å². The maximum absolute atomic E-state index is 12.6. The number of ether oxygens (including phenoxy) is 1. The number of piperidine rings is 1. The smallest absolute Gasteiger partial charge is 0.320 e. The zero-order chi connectivity index (χ0) is 25.3. The van der Waals surface area contributed by atoms with E-state index in [9.17, 15) is 4.79 Å². The van der Waals surface area contributed by atoms with Crippen molar-refractivity contribution < 1.29 is 9.53 Å². The Morgan fingerprint density at radius 3 is 2.54 bits per heavy atom. The molecule has 0 unspecified atom stereocenters. The summed E-state index contributed by atoms with van der Waals surface area (Å²) in [6, 6.07) is 22.8. The van der Waals surface area contributed by atoms with Crippen molar-refractivity contribution >= 4 is 22.4 Å². The second-order valence-corrected chi connectivity index (χ2v) is 11.2. The third kappa shape index (κ3) is 7.81. The molecule has 3 heterocycles. The van der Waals surface area contributed by atoms with Crippen LogP contribution in [-0.4, -0.2) is 61.2 Å². The Morgan fingerprint density at radius 1 is 0.919 bits per heavy atom. The summed E-state index contributed by atoms with van der Waals surface area (Å²) in [5, 5.41) is 7.01. The molecule has 7 heteroatoms. The molecule has 0 saturated carbocycles. The van der Waals surface area contributed by atoms with Gasteiger partial charge in [0.25, 0.3) is 0 Å². The largest absolute Gasteiger partial charge is 0.494 e. The van der Waals surface area contributed by atoms with Crippen LogP contribution >= 0.6 is 11.3 Å². The zero-order valence-electron chi connectivity index (χ0n) is 21.5. The van der Waals surface area contributed by atoms with Crippen molar-refractivity contribution in [2.75, 3.05) is 44.6 Å². The Bertz CT molecular complexity index is 1110. The van der Waals surface area contributed by atoms with E-state index in [4.69, 9.17) is 4.74 Å². The number of carbonyl (C=O) groups excluding carboxylic acids is 1. The predicted molar refractivity (Wildman–Crippen MR) is 152 cm³/mol. The first-order chi connectivity index (χ1) is 18.2. The van der Waals surface area contributed by atoms with Crippen LogP contribution in [0.5, 0.6) is 5.75 Å². The van der Waals surface area contributed by atoms with Gasteiger partial charge >= 0.3 is 6.03 Å². The minimum absolute atomic E-state index is 0.130. The molecule has 1 atom stereocenters. The molecule has 0 radical (unpaired) electrons. The van der Waals surface area contributed by atoms with Crippen molar-refractivity contribution in [3.8, 4) is 16.2 Å². The first kappa shape index (κ1) is 25.8. The number of hydrogen-bond acceptors (Lipinski definition) is 5. The molecule has 2 amide bonds. The minimum Gasteiger partial charge on any atom is -0.494 e. The van der Waals surface area contributed by atoms with Gasteiger partial charge in [0.15, 0.2) is 0 Å². The van der Waals surface area contributed by atoms with E-state index in [1.165, 1.54) is 43.5 Å². The van der Waals surface area contributed by atoms with Crippen molar-refractivity contribution in [3.63, 3.8) is 0 Å². The third-order valence-corrected chi connectivity index (χ3v) is 8.22. The molecule has 2 fully saturated rings. The maximum Gasteiger partial charge on any atom is 0.320 e. The van der Waals surface area contributed by atoms with E-state index in [0.717, 1.165) is 61.3 Å². The molecule has 3 aromatic rings. The Labute approximate surface area is 224 Å². The maximum atomic E-state index is 12.6. The number of nitrogens with zero attached hydrogens (tertiary/aromatic N) is 2. The normalized spacial score (nSPS) is 18.5. The summed E-state index contributed by atoms with van der Waals surface area (Å²) in [7, 11) is 0. The number of anilines is 1.